The van der Waals surface area contributed by atoms with Gasteiger partial charge >= 0.3 is 0 Å². The fraction of sp³-hybridized carbons (Fsp3) is 0.133. The van der Waals surface area contributed by atoms with Crippen molar-refractivity contribution in [2.75, 3.05) is 11.1 Å². The first kappa shape index (κ1) is 24.2. The second kappa shape index (κ2) is 11.5. The normalized spacial score (nSPS) is 15.2. The molecular formula is C30H26N2O2S2. The Morgan fingerprint density at radius 1 is 0.833 bits per heavy atom. The van der Waals surface area contributed by atoms with Gasteiger partial charge in [-0.15, -0.1) is 23.5 Å². The van der Waals surface area contributed by atoms with Crippen LogP contribution in [0.1, 0.15) is 32.4 Å². The van der Waals surface area contributed by atoms with Crippen molar-refractivity contribution in [3.8, 4) is 0 Å². The van der Waals surface area contributed by atoms with E-state index in [2.05, 4.69) is 17.4 Å². The van der Waals surface area contributed by atoms with Gasteiger partial charge in [-0.3, -0.25) is 9.59 Å². The first-order valence-electron chi connectivity index (χ1n) is 11.8. The molecule has 0 spiro atoms. The van der Waals surface area contributed by atoms with E-state index in [-0.39, 0.29) is 17.2 Å². The summed E-state index contributed by atoms with van der Waals surface area (Å²) in [6.45, 7) is 0.583. The lowest BCUT2D eigenvalue weighted by molar-refractivity contribution is -0.128. The van der Waals surface area contributed by atoms with Crippen molar-refractivity contribution < 1.29 is 9.59 Å². The first-order valence-corrected chi connectivity index (χ1v) is 13.8. The third kappa shape index (κ3) is 6.01. The highest BCUT2D eigenvalue weighted by molar-refractivity contribution is 8.00. The topological polar surface area (TPSA) is 49.4 Å². The molecule has 2 amide bonds. The lowest BCUT2D eigenvalue weighted by Crippen LogP contribution is -2.27. The van der Waals surface area contributed by atoms with Crippen LogP contribution in [0.2, 0.25) is 0 Å². The van der Waals surface area contributed by atoms with Crippen molar-refractivity contribution in [3.63, 3.8) is 0 Å². The summed E-state index contributed by atoms with van der Waals surface area (Å²) in [6.07, 6.45) is 0. The molecule has 0 aliphatic carbocycles. The minimum Gasteiger partial charge on any atom is -0.322 e. The molecule has 0 unspecified atom stereocenters. The maximum absolute atomic E-state index is 12.8. The zero-order valence-electron chi connectivity index (χ0n) is 19.7. The Kier molecular flexibility index (Phi) is 7.74. The van der Waals surface area contributed by atoms with Crippen LogP contribution in [-0.2, 0) is 17.1 Å². The second-order valence-electron chi connectivity index (χ2n) is 8.55. The molecule has 0 aromatic heterocycles. The third-order valence-electron chi connectivity index (χ3n) is 5.98. The number of hydrogen-bond donors (Lipinski definition) is 1. The van der Waals surface area contributed by atoms with Gasteiger partial charge < -0.3 is 10.2 Å². The standard InChI is InChI=1S/C30H26N2O2S2/c33-28-21-36-30(32(28)19-22-7-3-1-4-8-22)25-15-13-24(14-16-25)29(34)31-26-17-11-23(12-18-26)20-35-27-9-5-2-6-10-27/h1-18,30H,19-21H2,(H,31,34)/t30-/m1/s1. The van der Waals surface area contributed by atoms with E-state index in [1.807, 2.05) is 102 Å². The molecule has 6 heteroatoms. The smallest absolute Gasteiger partial charge is 0.255 e. The van der Waals surface area contributed by atoms with Gasteiger partial charge in [0.05, 0.1) is 5.75 Å². The molecule has 1 heterocycles. The third-order valence-corrected chi connectivity index (χ3v) is 8.32. The van der Waals surface area contributed by atoms with Crippen LogP contribution >= 0.6 is 23.5 Å². The maximum atomic E-state index is 12.8. The Morgan fingerprint density at radius 3 is 2.19 bits per heavy atom. The van der Waals surface area contributed by atoms with Gasteiger partial charge in [0.1, 0.15) is 5.37 Å². The maximum Gasteiger partial charge on any atom is 0.255 e. The van der Waals surface area contributed by atoms with E-state index in [0.717, 1.165) is 22.6 Å². The number of hydrogen-bond acceptors (Lipinski definition) is 4. The molecule has 0 saturated carbocycles. The van der Waals surface area contributed by atoms with Gasteiger partial charge in [-0.05, 0) is 53.1 Å². The van der Waals surface area contributed by atoms with Crippen molar-refractivity contribution in [1.29, 1.82) is 0 Å². The molecule has 1 N–H and O–H groups in total. The van der Waals surface area contributed by atoms with Crippen LogP contribution in [0.15, 0.2) is 114 Å². The van der Waals surface area contributed by atoms with Crippen molar-refractivity contribution in [2.45, 2.75) is 22.6 Å². The molecule has 1 fully saturated rings. The van der Waals surface area contributed by atoms with Gasteiger partial charge in [0.25, 0.3) is 5.91 Å². The van der Waals surface area contributed by atoms with Gasteiger partial charge in [0, 0.05) is 28.4 Å². The van der Waals surface area contributed by atoms with Crippen LogP contribution < -0.4 is 5.32 Å². The van der Waals surface area contributed by atoms with Crippen LogP contribution in [-0.4, -0.2) is 22.5 Å². The van der Waals surface area contributed by atoms with Crippen LogP contribution in [0.5, 0.6) is 0 Å². The quantitative estimate of drug-likeness (QED) is 0.259. The molecule has 5 rings (SSSR count). The van der Waals surface area contributed by atoms with E-state index in [1.54, 1.807) is 23.5 Å². The first-order chi connectivity index (χ1) is 17.7. The molecule has 0 radical (unpaired) electrons. The number of carbonyl (C=O) groups is 2. The Bertz CT molecular complexity index is 1310. The number of carbonyl (C=O) groups excluding carboxylic acids is 2. The zero-order chi connectivity index (χ0) is 24.7. The molecule has 4 aromatic rings. The minimum absolute atomic E-state index is 0.0453. The van der Waals surface area contributed by atoms with Crippen LogP contribution in [0.3, 0.4) is 0 Å². The summed E-state index contributed by atoms with van der Waals surface area (Å²) in [4.78, 5) is 28.5. The van der Waals surface area contributed by atoms with E-state index in [9.17, 15) is 9.59 Å². The lowest BCUT2D eigenvalue weighted by Gasteiger charge is -2.24. The van der Waals surface area contributed by atoms with Crippen LogP contribution in [0.25, 0.3) is 0 Å². The molecule has 4 aromatic carbocycles. The van der Waals surface area contributed by atoms with E-state index in [1.165, 1.54) is 10.5 Å². The van der Waals surface area contributed by atoms with Crippen molar-refractivity contribution >= 4 is 41.0 Å². The number of nitrogens with one attached hydrogen (secondary N) is 1. The predicted molar refractivity (Wildman–Crippen MR) is 149 cm³/mol. The number of anilines is 1. The summed E-state index contributed by atoms with van der Waals surface area (Å²) >= 11 is 3.41. The molecule has 1 aliphatic heterocycles. The Balaban J connectivity index is 1.19. The Labute approximate surface area is 220 Å². The zero-order valence-corrected chi connectivity index (χ0v) is 21.3. The lowest BCUT2D eigenvalue weighted by atomic mass is 10.1. The van der Waals surface area contributed by atoms with Gasteiger partial charge in [0.15, 0.2) is 0 Å². The number of amides is 2. The monoisotopic (exact) mass is 510 g/mol. The number of thioether (sulfide) groups is 2. The van der Waals surface area contributed by atoms with Crippen molar-refractivity contribution in [3.05, 3.63) is 131 Å². The average molecular weight is 511 g/mol. The van der Waals surface area contributed by atoms with E-state index < -0.39 is 0 Å². The largest absolute Gasteiger partial charge is 0.322 e. The molecule has 180 valence electrons. The van der Waals surface area contributed by atoms with Crippen molar-refractivity contribution in [2.24, 2.45) is 0 Å². The average Bonchev–Trinajstić information content (AvgIpc) is 3.29. The summed E-state index contributed by atoms with van der Waals surface area (Å²) in [5.41, 5.74) is 4.70. The summed E-state index contributed by atoms with van der Waals surface area (Å²) in [5, 5.41) is 2.94. The second-order valence-corrected chi connectivity index (χ2v) is 10.7. The number of benzene rings is 4. The highest BCUT2D eigenvalue weighted by Gasteiger charge is 2.32. The van der Waals surface area contributed by atoms with E-state index in [0.29, 0.717) is 17.9 Å². The molecule has 1 atom stereocenters. The fourth-order valence-electron chi connectivity index (χ4n) is 4.05. The molecule has 1 saturated heterocycles. The van der Waals surface area contributed by atoms with E-state index >= 15 is 0 Å². The SMILES string of the molecule is O=C(Nc1ccc(CSc2ccccc2)cc1)c1ccc([C@H]2SCC(=O)N2Cc2ccccc2)cc1. The molecular weight excluding hydrogens is 484 g/mol. The summed E-state index contributed by atoms with van der Waals surface area (Å²) in [5.74, 6) is 1.34. The fourth-order valence-corrected chi connectivity index (χ4v) is 6.11. The Hall–Kier alpha value is -3.48. The van der Waals surface area contributed by atoms with Gasteiger partial charge in [-0.1, -0.05) is 72.8 Å². The summed E-state index contributed by atoms with van der Waals surface area (Å²) in [6, 6.07) is 35.9. The predicted octanol–water partition coefficient (Wildman–Crippen LogP) is 7.01. The van der Waals surface area contributed by atoms with Crippen molar-refractivity contribution in [1.82, 2.24) is 4.90 Å². The molecule has 1 aliphatic rings. The molecule has 4 nitrogen and oxygen atoms in total. The molecule has 0 bridgehead atoms. The number of nitrogens with zero attached hydrogens (tertiary/aromatic N) is 1. The highest BCUT2D eigenvalue weighted by atomic mass is 32.2. The molecule has 36 heavy (non-hydrogen) atoms. The van der Waals surface area contributed by atoms with Gasteiger partial charge in [0.2, 0.25) is 5.91 Å². The summed E-state index contributed by atoms with van der Waals surface area (Å²) < 4.78 is 0. The summed E-state index contributed by atoms with van der Waals surface area (Å²) in [7, 11) is 0. The highest BCUT2D eigenvalue weighted by Crippen LogP contribution is 2.39. The van der Waals surface area contributed by atoms with Crippen LogP contribution in [0.4, 0.5) is 5.69 Å². The van der Waals surface area contributed by atoms with Gasteiger partial charge in [-0.2, -0.15) is 0 Å². The van der Waals surface area contributed by atoms with Crippen LogP contribution in [0, 0.1) is 0 Å². The van der Waals surface area contributed by atoms with E-state index in [4.69, 9.17) is 0 Å². The van der Waals surface area contributed by atoms with Gasteiger partial charge in [-0.25, -0.2) is 0 Å². The minimum atomic E-state index is -0.149. The number of rotatable bonds is 8. The Morgan fingerprint density at radius 2 is 1.50 bits per heavy atom.